The molecule has 1 N–H and O–H groups in total. The van der Waals surface area contributed by atoms with Crippen LogP contribution in [0.1, 0.15) is 25.3 Å². The van der Waals surface area contributed by atoms with E-state index in [0.717, 1.165) is 5.56 Å². The highest BCUT2D eigenvalue weighted by atomic mass is 19.4. The van der Waals surface area contributed by atoms with Gasteiger partial charge in [0.2, 0.25) is 0 Å². The van der Waals surface area contributed by atoms with E-state index >= 15 is 0 Å². The molecule has 0 radical (unpaired) electrons. The van der Waals surface area contributed by atoms with Gasteiger partial charge in [-0.3, -0.25) is 0 Å². The summed E-state index contributed by atoms with van der Waals surface area (Å²) in [5, 5.41) is 3.21. The van der Waals surface area contributed by atoms with Crippen LogP contribution in [0.15, 0.2) is 30.3 Å². The Bertz CT molecular complexity index is 374. The van der Waals surface area contributed by atoms with Crippen molar-refractivity contribution in [2.75, 3.05) is 6.54 Å². The summed E-state index contributed by atoms with van der Waals surface area (Å²) in [6, 6.07) is 9.35. The van der Waals surface area contributed by atoms with Crippen LogP contribution < -0.4 is 5.32 Å². The maximum Gasteiger partial charge on any atom is 0.391 e. The fourth-order valence-corrected chi connectivity index (χ4v) is 2.49. The third-order valence-electron chi connectivity index (χ3n) is 3.54. The van der Waals surface area contributed by atoms with Gasteiger partial charge in [-0.1, -0.05) is 30.3 Å². The van der Waals surface area contributed by atoms with Crippen molar-refractivity contribution in [3.05, 3.63) is 35.9 Å². The Morgan fingerprint density at radius 1 is 1.24 bits per heavy atom. The summed E-state index contributed by atoms with van der Waals surface area (Å²) >= 11 is 0. The number of piperidine rings is 1. The average Bonchev–Trinajstić information content (AvgIpc) is 2.29. The molecule has 4 heteroatoms. The van der Waals surface area contributed by atoms with Crippen LogP contribution in [-0.4, -0.2) is 12.7 Å². The fraction of sp³-hybridized carbons (Fsp3) is 0.538. The Kier molecular flexibility index (Phi) is 3.17. The summed E-state index contributed by atoms with van der Waals surface area (Å²) in [7, 11) is 0. The summed E-state index contributed by atoms with van der Waals surface area (Å²) in [5.74, 6) is -1.20. The quantitative estimate of drug-likeness (QED) is 0.796. The lowest BCUT2D eigenvalue weighted by atomic mass is 9.78. The van der Waals surface area contributed by atoms with Gasteiger partial charge in [-0.25, -0.2) is 0 Å². The maximum absolute atomic E-state index is 12.8. The highest BCUT2D eigenvalue weighted by Crippen LogP contribution is 2.41. The molecule has 1 nitrogen and oxygen atoms in total. The molecule has 0 aliphatic carbocycles. The van der Waals surface area contributed by atoms with Gasteiger partial charge >= 0.3 is 6.18 Å². The molecule has 1 aliphatic heterocycles. The zero-order valence-electron chi connectivity index (χ0n) is 9.72. The van der Waals surface area contributed by atoms with Gasteiger partial charge in [0.1, 0.15) is 0 Å². The van der Waals surface area contributed by atoms with E-state index in [2.05, 4.69) is 5.32 Å². The van der Waals surface area contributed by atoms with Crippen molar-refractivity contribution in [1.29, 1.82) is 0 Å². The van der Waals surface area contributed by atoms with E-state index in [1.165, 1.54) is 0 Å². The molecule has 1 aromatic rings. The third-order valence-corrected chi connectivity index (χ3v) is 3.54. The number of alkyl halides is 3. The van der Waals surface area contributed by atoms with E-state index in [4.69, 9.17) is 0 Å². The number of rotatable bonds is 1. The van der Waals surface area contributed by atoms with Crippen molar-refractivity contribution in [3.63, 3.8) is 0 Å². The molecule has 0 aromatic heterocycles. The van der Waals surface area contributed by atoms with Crippen LogP contribution in [0, 0.1) is 5.92 Å². The van der Waals surface area contributed by atoms with E-state index in [1.807, 2.05) is 37.3 Å². The zero-order valence-corrected chi connectivity index (χ0v) is 9.72. The number of benzene rings is 1. The molecule has 17 heavy (non-hydrogen) atoms. The maximum atomic E-state index is 12.8. The van der Waals surface area contributed by atoms with Crippen molar-refractivity contribution in [1.82, 2.24) is 5.32 Å². The van der Waals surface area contributed by atoms with Gasteiger partial charge in [-0.15, -0.1) is 0 Å². The zero-order chi connectivity index (χ0) is 12.5. The molecule has 0 amide bonds. The summed E-state index contributed by atoms with van der Waals surface area (Å²) in [6.07, 6.45) is -3.80. The molecular weight excluding hydrogens is 227 g/mol. The molecule has 1 aromatic carbocycles. The van der Waals surface area contributed by atoms with E-state index in [0.29, 0.717) is 6.54 Å². The molecule has 1 aliphatic rings. The predicted octanol–water partition coefficient (Wildman–Crippen LogP) is 3.46. The minimum atomic E-state index is -4.09. The standard InChI is InChI=1S/C13H16F3N/c1-12(10-5-3-2-4-6-10)9-11(7-8-17-12)13(14,15)16/h2-6,11,17H,7-9H2,1H3/t11-,12+/m1/s1. The molecule has 0 saturated carbocycles. The van der Waals surface area contributed by atoms with Crippen molar-refractivity contribution in [2.24, 2.45) is 5.92 Å². The minimum Gasteiger partial charge on any atom is -0.308 e. The molecule has 1 fully saturated rings. The number of hydrogen-bond donors (Lipinski definition) is 1. The Morgan fingerprint density at radius 2 is 1.88 bits per heavy atom. The predicted molar refractivity (Wildman–Crippen MR) is 60.6 cm³/mol. The Balaban J connectivity index is 2.21. The summed E-state index contributed by atoms with van der Waals surface area (Å²) in [4.78, 5) is 0. The Labute approximate surface area is 99.0 Å². The molecule has 0 unspecified atom stereocenters. The molecular formula is C13H16F3N. The lowest BCUT2D eigenvalue weighted by Gasteiger charge is -2.40. The molecule has 1 heterocycles. The van der Waals surface area contributed by atoms with E-state index < -0.39 is 17.6 Å². The molecule has 0 spiro atoms. The molecule has 0 bridgehead atoms. The fourth-order valence-electron chi connectivity index (χ4n) is 2.49. The normalized spacial score (nSPS) is 30.2. The topological polar surface area (TPSA) is 12.0 Å². The second-order valence-corrected chi connectivity index (χ2v) is 4.86. The molecule has 1 saturated heterocycles. The first-order valence-electron chi connectivity index (χ1n) is 5.79. The van der Waals surface area contributed by atoms with Crippen LogP contribution in [0.25, 0.3) is 0 Å². The summed E-state index contributed by atoms with van der Waals surface area (Å²) < 4.78 is 38.3. The second kappa shape index (κ2) is 4.33. The molecule has 2 atom stereocenters. The van der Waals surface area contributed by atoms with Crippen molar-refractivity contribution < 1.29 is 13.2 Å². The van der Waals surface area contributed by atoms with Crippen molar-refractivity contribution in [3.8, 4) is 0 Å². The molecule has 2 rings (SSSR count). The van der Waals surface area contributed by atoms with E-state index in [1.54, 1.807) is 0 Å². The van der Waals surface area contributed by atoms with Crippen LogP contribution in [-0.2, 0) is 5.54 Å². The SMILES string of the molecule is C[C@@]1(c2ccccc2)C[C@H](C(F)(F)F)CCN1. The largest absolute Gasteiger partial charge is 0.391 e. The highest BCUT2D eigenvalue weighted by Gasteiger charge is 2.46. The number of hydrogen-bond acceptors (Lipinski definition) is 1. The molecule has 94 valence electrons. The first-order valence-corrected chi connectivity index (χ1v) is 5.79. The average molecular weight is 243 g/mol. The van der Waals surface area contributed by atoms with Gasteiger partial charge in [0.25, 0.3) is 0 Å². The van der Waals surface area contributed by atoms with Gasteiger partial charge in [0, 0.05) is 5.54 Å². The monoisotopic (exact) mass is 243 g/mol. The summed E-state index contributed by atoms with van der Waals surface area (Å²) in [6.45, 7) is 2.26. The van der Waals surface area contributed by atoms with Crippen molar-refractivity contribution in [2.45, 2.75) is 31.5 Å². The highest BCUT2D eigenvalue weighted by molar-refractivity contribution is 5.24. The lowest BCUT2D eigenvalue weighted by molar-refractivity contribution is -0.187. The number of nitrogens with one attached hydrogen (secondary N) is 1. The van der Waals surface area contributed by atoms with Crippen LogP contribution in [0.2, 0.25) is 0 Å². The number of halogens is 3. The first-order chi connectivity index (χ1) is 7.92. The lowest BCUT2D eigenvalue weighted by Crippen LogP contribution is -2.49. The van der Waals surface area contributed by atoms with Crippen LogP contribution in [0.4, 0.5) is 13.2 Å². The Morgan fingerprint density at radius 3 is 2.47 bits per heavy atom. The Hall–Kier alpha value is -1.03. The minimum absolute atomic E-state index is 0.112. The first kappa shape index (κ1) is 12.4. The van der Waals surface area contributed by atoms with Gasteiger partial charge in [0.05, 0.1) is 5.92 Å². The third kappa shape index (κ3) is 2.63. The van der Waals surface area contributed by atoms with Crippen LogP contribution in [0.3, 0.4) is 0 Å². The van der Waals surface area contributed by atoms with E-state index in [9.17, 15) is 13.2 Å². The van der Waals surface area contributed by atoms with Gasteiger partial charge in [-0.2, -0.15) is 13.2 Å². The second-order valence-electron chi connectivity index (χ2n) is 4.86. The van der Waals surface area contributed by atoms with Crippen molar-refractivity contribution >= 4 is 0 Å². The van der Waals surface area contributed by atoms with Gasteiger partial charge in [0.15, 0.2) is 0 Å². The van der Waals surface area contributed by atoms with E-state index in [-0.39, 0.29) is 12.8 Å². The van der Waals surface area contributed by atoms with Crippen LogP contribution in [0.5, 0.6) is 0 Å². The smallest absolute Gasteiger partial charge is 0.308 e. The van der Waals surface area contributed by atoms with Gasteiger partial charge in [-0.05, 0) is 31.9 Å². The van der Waals surface area contributed by atoms with Crippen LogP contribution >= 0.6 is 0 Å². The summed E-state index contributed by atoms with van der Waals surface area (Å²) in [5.41, 5.74) is 0.355. The van der Waals surface area contributed by atoms with Gasteiger partial charge < -0.3 is 5.32 Å².